The lowest BCUT2D eigenvalue weighted by molar-refractivity contribution is -0.0295. The third kappa shape index (κ3) is 5.41. The number of nitrogens with zero attached hydrogens (tertiary/aromatic N) is 1. The largest absolute Gasteiger partial charge is 0.374 e. The molecule has 1 fully saturated rings. The van der Waals surface area contributed by atoms with Crippen molar-refractivity contribution in [1.82, 2.24) is 10.2 Å². The summed E-state index contributed by atoms with van der Waals surface area (Å²) in [5.41, 5.74) is 0.674. The summed E-state index contributed by atoms with van der Waals surface area (Å²) in [6.45, 7) is 8.70. The van der Waals surface area contributed by atoms with Crippen LogP contribution in [-0.2, 0) is 4.74 Å². The topological polar surface area (TPSA) is 41.6 Å². The van der Waals surface area contributed by atoms with E-state index < -0.39 is 0 Å². The average Bonchev–Trinajstić information content (AvgIpc) is 2.45. The van der Waals surface area contributed by atoms with Crippen molar-refractivity contribution >= 4 is 21.8 Å². The first-order chi connectivity index (χ1) is 10.0. The number of hydrogen-bond acceptors (Lipinski definition) is 3. The van der Waals surface area contributed by atoms with Gasteiger partial charge in [0, 0.05) is 36.2 Å². The Morgan fingerprint density at radius 2 is 2.14 bits per heavy atom. The molecule has 0 aromatic heterocycles. The lowest BCUT2D eigenvalue weighted by atomic mass is 10.1. The lowest BCUT2D eigenvalue weighted by Crippen LogP contribution is -2.48. The Bertz CT molecular complexity index is 462. The van der Waals surface area contributed by atoms with E-state index in [-0.39, 0.29) is 12.0 Å². The fraction of sp³-hybridized carbons (Fsp3) is 0.562. The first-order valence-corrected chi connectivity index (χ1v) is 8.21. The van der Waals surface area contributed by atoms with Crippen LogP contribution in [0.15, 0.2) is 28.7 Å². The molecule has 4 nitrogen and oxygen atoms in total. The number of benzene rings is 1. The normalized spacial score (nSPS) is 19.7. The molecular formula is C16H23BrN2O2. The van der Waals surface area contributed by atoms with Crippen molar-refractivity contribution in [2.24, 2.45) is 5.92 Å². The van der Waals surface area contributed by atoms with E-state index in [1.54, 1.807) is 0 Å². The number of halogens is 1. The van der Waals surface area contributed by atoms with Gasteiger partial charge in [0.15, 0.2) is 0 Å². The van der Waals surface area contributed by atoms with E-state index in [9.17, 15) is 4.79 Å². The summed E-state index contributed by atoms with van der Waals surface area (Å²) in [4.78, 5) is 14.5. The number of carbonyl (C=O) groups excluding carboxylic acids is 1. The molecule has 2 rings (SSSR count). The summed E-state index contributed by atoms with van der Waals surface area (Å²) < 4.78 is 6.70. The number of amides is 1. The molecule has 1 saturated heterocycles. The van der Waals surface area contributed by atoms with E-state index in [0.29, 0.717) is 18.0 Å². The summed E-state index contributed by atoms with van der Waals surface area (Å²) in [5.74, 6) is 0.605. The zero-order chi connectivity index (χ0) is 15.2. The van der Waals surface area contributed by atoms with Crippen molar-refractivity contribution in [1.29, 1.82) is 0 Å². The van der Waals surface area contributed by atoms with Crippen LogP contribution in [0.25, 0.3) is 0 Å². The molecule has 1 aromatic carbocycles. The number of ether oxygens (including phenoxy) is 1. The number of rotatable bonds is 5. The molecule has 0 saturated carbocycles. The Labute approximate surface area is 135 Å². The smallest absolute Gasteiger partial charge is 0.251 e. The quantitative estimate of drug-likeness (QED) is 0.883. The number of hydrogen-bond donors (Lipinski definition) is 1. The van der Waals surface area contributed by atoms with Gasteiger partial charge < -0.3 is 10.1 Å². The van der Waals surface area contributed by atoms with E-state index in [0.717, 1.165) is 30.7 Å². The van der Waals surface area contributed by atoms with Crippen LogP contribution in [-0.4, -0.2) is 49.7 Å². The van der Waals surface area contributed by atoms with E-state index >= 15 is 0 Å². The van der Waals surface area contributed by atoms with Crippen LogP contribution in [0.5, 0.6) is 0 Å². The Kier molecular flexibility index (Phi) is 6.21. The van der Waals surface area contributed by atoms with Gasteiger partial charge in [0.25, 0.3) is 5.91 Å². The molecule has 116 valence electrons. The highest BCUT2D eigenvalue weighted by molar-refractivity contribution is 9.10. The standard InChI is InChI=1S/C16H23BrN2O2/c1-12(2)10-19-7-8-21-15(11-19)9-18-16(20)13-3-5-14(17)6-4-13/h3-6,12,15H,7-11H2,1-2H3,(H,18,20). The van der Waals surface area contributed by atoms with Gasteiger partial charge in [0.05, 0.1) is 12.7 Å². The minimum absolute atomic E-state index is 0.0490. The summed E-state index contributed by atoms with van der Waals surface area (Å²) in [7, 11) is 0. The van der Waals surface area contributed by atoms with Crippen LogP contribution >= 0.6 is 15.9 Å². The maximum absolute atomic E-state index is 12.1. The van der Waals surface area contributed by atoms with Crippen molar-refractivity contribution in [2.45, 2.75) is 20.0 Å². The van der Waals surface area contributed by atoms with Gasteiger partial charge in [-0.3, -0.25) is 9.69 Å². The molecule has 21 heavy (non-hydrogen) atoms. The molecule has 1 amide bonds. The lowest BCUT2D eigenvalue weighted by Gasteiger charge is -2.33. The molecule has 5 heteroatoms. The van der Waals surface area contributed by atoms with Crippen LogP contribution in [0, 0.1) is 5.92 Å². The molecule has 1 atom stereocenters. The number of morpholine rings is 1. The second-order valence-corrected chi connectivity index (χ2v) is 6.78. The van der Waals surface area contributed by atoms with E-state index in [4.69, 9.17) is 4.74 Å². The highest BCUT2D eigenvalue weighted by atomic mass is 79.9. The third-order valence-corrected chi connectivity index (χ3v) is 3.97. The predicted octanol–water partition coefficient (Wildman–Crippen LogP) is 2.54. The Hall–Kier alpha value is -0.910. The highest BCUT2D eigenvalue weighted by Crippen LogP contribution is 2.11. The Balaban J connectivity index is 1.79. The van der Waals surface area contributed by atoms with Gasteiger partial charge in [-0.1, -0.05) is 29.8 Å². The molecule has 1 aliphatic rings. The SMILES string of the molecule is CC(C)CN1CCOC(CNC(=O)c2ccc(Br)cc2)C1. The molecule has 1 N–H and O–H groups in total. The molecule has 0 radical (unpaired) electrons. The van der Waals surface area contributed by atoms with Crippen molar-refractivity contribution in [3.63, 3.8) is 0 Å². The van der Waals surface area contributed by atoms with Crippen molar-refractivity contribution in [3.8, 4) is 0 Å². The summed E-state index contributed by atoms with van der Waals surface area (Å²) in [5, 5.41) is 2.96. The average molecular weight is 355 g/mol. The third-order valence-electron chi connectivity index (χ3n) is 3.44. The molecule has 0 aliphatic carbocycles. The summed E-state index contributed by atoms with van der Waals surface area (Å²) >= 11 is 3.36. The van der Waals surface area contributed by atoms with Crippen molar-refractivity contribution < 1.29 is 9.53 Å². The van der Waals surface area contributed by atoms with Gasteiger partial charge >= 0.3 is 0 Å². The maximum Gasteiger partial charge on any atom is 0.251 e. The van der Waals surface area contributed by atoms with Gasteiger partial charge in [-0.2, -0.15) is 0 Å². The molecular weight excluding hydrogens is 332 g/mol. The van der Waals surface area contributed by atoms with Crippen LogP contribution in [0.1, 0.15) is 24.2 Å². The zero-order valence-corrected chi connectivity index (χ0v) is 14.2. The molecule has 1 heterocycles. The first kappa shape index (κ1) is 16.5. The first-order valence-electron chi connectivity index (χ1n) is 7.42. The van der Waals surface area contributed by atoms with E-state index in [1.165, 1.54) is 0 Å². The van der Waals surface area contributed by atoms with Crippen molar-refractivity contribution in [2.75, 3.05) is 32.8 Å². The van der Waals surface area contributed by atoms with Crippen molar-refractivity contribution in [3.05, 3.63) is 34.3 Å². The van der Waals surface area contributed by atoms with Crippen LogP contribution in [0.3, 0.4) is 0 Å². The second kappa shape index (κ2) is 7.92. The molecule has 1 unspecified atom stereocenters. The molecule has 1 aromatic rings. The van der Waals surface area contributed by atoms with E-state index in [1.807, 2.05) is 24.3 Å². The van der Waals surface area contributed by atoms with Gasteiger partial charge in [-0.25, -0.2) is 0 Å². The Morgan fingerprint density at radius 3 is 2.81 bits per heavy atom. The van der Waals surface area contributed by atoms with Gasteiger partial charge in [0.1, 0.15) is 0 Å². The van der Waals surface area contributed by atoms with E-state index in [2.05, 4.69) is 40.0 Å². The number of nitrogens with one attached hydrogen (secondary N) is 1. The summed E-state index contributed by atoms with van der Waals surface area (Å²) in [6, 6.07) is 7.37. The fourth-order valence-corrected chi connectivity index (χ4v) is 2.76. The van der Waals surface area contributed by atoms with Crippen LogP contribution < -0.4 is 5.32 Å². The van der Waals surface area contributed by atoms with Crippen LogP contribution in [0.2, 0.25) is 0 Å². The fourth-order valence-electron chi connectivity index (χ4n) is 2.50. The highest BCUT2D eigenvalue weighted by Gasteiger charge is 2.21. The summed E-state index contributed by atoms with van der Waals surface area (Å²) in [6.07, 6.45) is 0.0805. The zero-order valence-electron chi connectivity index (χ0n) is 12.6. The molecule has 1 aliphatic heterocycles. The maximum atomic E-state index is 12.1. The van der Waals surface area contributed by atoms with Gasteiger partial charge in [-0.05, 0) is 30.2 Å². The predicted molar refractivity (Wildman–Crippen MR) is 87.5 cm³/mol. The number of carbonyl (C=O) groups is 1. The Morgan fingerprint density at radius 1 is 1.43 bits per heavy atom. The second-order valence-electron chi connectivity index (χ2n) is 5.86. The monoisotopic (exact) mass is 354 g/mol. The van der Waals surface area contributed by atoms with Gasteiger partial charge in [-0.15, -0.1) is 0 Å². The molecule has 0 spiro atoms. The minimum atomic E-state index is -0.0490. The van der Waals surface area contributed by atoms with Gasteiger partial charge in [0.2, 0.25) is 0 Å². The molecule has 0 bridgehead atoms. The van der Waals surface area contributed by atoms with Crippen LogP contribution in [0.4, 0.5) is 0 Å². The minimum Gasteiger partial charge on any atom is -0.374 e.